The van der Waals surface area contributed by atoms with Crippen LogP contribution in [0.1, 0.15) is 11.1 Å². The minimum atomic E-state index is -0.00965. The lowest BCUT2D eigenvalue weighted by atomic mass is 10.1. The Morgan fingerprint density at radius 2 is 2.04 bits per heavy atom. The highest BCUT2D eigenvalue weighted by molar-refractivity contribution is 14.1. The molecule has 4 rings (SSSR count). The van der Waals surface area contributed by atoms with E-state index in [9.17, 15) is 4.79 Å². The fraction of sp³-hybridized carbons (Fsp3) is 0.200. The zero-order chi connectivity index (χ0) is 18.3. The molecule has 0 atom stereocenters. The molecule has 0 saturated carbocycles. The molecule has 0 saturated heterocycles. The van der Waals surface area contributed by atoms with Gasteiger partial charge in [0.2, 0.25) is 0 Å². The van der Waals surface area contributed by atoms with Crippen LogP contribution in [0, 0.1) is 10.5 Å². The molecule has 3 heterocycles. The highest BCUT2D eigenvalue weighted by atomic mass is 127. The van der Waals surface area contributed by atoms with Crippen molar-refractivity contribution in [1.29, 1.82) is 0 Å². The molecule has 3 aromatic heterocycles. The molecule has 1 N–H and O–H groups in total. The smallest absolute Gasteiger partial charge is 0.274 e. The zero-order valence-corrected chi connectivity index (χ0v) is 16.7. The van der Waals surface area contributed by atoms with E-state index in [2.05, 4.69) is 38.6 Å². The third-order valence-electron chi connectivity index (χ3n) is 4.57. The van der Waals surface area contributed by atoms with Gasteiger partial charge < -0.3 is 14.3 Å². The molecule has 4 aromatic rings. The van der Waals surface area contributed by atoms with E-state index in [-0.39, 0.29) is 5.56 Å². The van der Waals surface area contributed by atoms with Crippen molar-refractivity contribution in [2.75, 3.05) is 7.11 Å². The Kier molecular flexibility index (Phi) is 4.44. The van der Waals surface area contributed by atoms with Gasteiger partial charge in [0.15, 0.2) is 0 Å². The summed E-state index contributed by atoms with van der Waals surface area (Å²) in [7, 11) is 1.66. The van der Waals surface area contributed by atoms with Gasteiger partial charge >= 0.3 is 0 Å². The number of aromatic amines is 1. The number of ether oxygens (including phenoxy) is 1. The van der Waals surface area contributed by atoms with Gasteiger partial charge in [-0.2, -0.15) is 0 Å². The number of methoxy groups -OCH3 is 1. The van der Waals surface area contributed by atoms with Crippen molar-refractivity contribution in [3.05, 3.63) is 67.8 Å². The Bertz CT molecular complexity index is 1160. The Morgan fingerprint density at radius 3 is 2.77 bits per heavy atom. The number of aryl methyl sites for hydroxylation is 3. The number of nitrogens with zero attached hydrogens (tertiary/aromatic N) is 2. The van der Waals surface area contributed by atoms with Crippen LogP contribution in [0.5, 0.6) is 5.75 Å². The first-order valence-corrected chi connectivity index (χ1v) is 9.44. The largest absolute Gasteiger partial charge is 0.497 e. The summed E-state index contributed by atoms with van der Waals surface area (Å²) >= 11 is 2.30. The average molecular weight is 459 g/mol. The molecule has 0 aliphatic rings. The number of hydrogen-bond donors (Lipinski definition) is 1. The summed E-state index contributed by atoms with van der Waals surface area (Å²) in [5.41, 5.74) is 3.62. The summed E-state index contributed by atoms with van der Waals surface area (Å²) in [5, 5.41) is 1.96. The predicted molar refractivity (Wildman–Crippen MR) is 112 cm³/mol. The number of hydrogen-bond acceptors (Lipinski definition) is 3. The standard InChI is InChI=1S/C20H18IN3O2/c1-12-9-15-17-16(21)11-24(20(25)18(17)23-19(15)22-10-12)8-7-13-3-5-14(26-2)6-4-13/h3-6,9-11H,7-8H2,1-2H3,(H,22,23). The van der Waals surface area contributed by atoms with Gasteiger partial charge in [-0.05, 0) is 65.3 Å². The van der Waals surface area contributed by atoms with E-state index < -0.39 is 0 Å². The van der Waals surface area contributed by atoms with E-state index in [1.807, 2.05) is 43.6 Å². The van der Waals surface area contributed by atoms with Crippen LogP contribution in [-0.2, 0) is 13.0 Å². The molecule has 0 bridgehead atoms. The highest BCUT2D eigenvalue weighted by Gasteiger charge is 2.14. The molecule has 0 amide bonds. The van der Waals surface area contributed by atoms with Gasteiger partial charge in [0, 0.05) is 33.3 Å². The second kappa shape index (κ2) is 6.75. The summed E-state index contributed by atoms with van der Waals surface area (Å²) < 4.78 is 8.01. The molecule has 0 aliphatic heterocycles. The Morgan fingerprint density at radius 1 is 1.27 bits per heavy atom. The maximum absolute atomic E-state index is 12.9. The maximum atomic E-state index is 12.9. The topological polar surface area (TPSA) is 59.9 Å². The van der Waals surface area contributed by atoms with Crippen LogP contribution in [0.15, 0.2) is 47.5 Å². The SMILES string of the molecule is COc1ccc(CCn2cc(I)c3c([nH]c4ncc(C)cc43)c2=O)cc1. The van der Waals surface area contributed by atoms with Crippen LogP contribution in [0.4, 0.5) is 0 Å². The molecular weight excluding hydrogens is 441 g/mol. The first-order valence-electron chi connectivity index (χ1n) is 8.36. The van der Waals surface area contributed by atoms with Gasteiger partial charge in [-0.3, -0.25) is 4.79 Å². The molecule has 5 nitrogen and oxygen atoms in total. The molecule has 1 aromatic carbocycles. The normalized spacial score (nSPS) is 11.3. The molecule has 0 aliphatic carbocycles. The molecule has 26 heavy (non-hydrogen) atoms. The first-order chi connectivity index (χ1) is 12.6. The Labute approximate surface area is 164 Å². The maximum Gasteiger partial charge on any atom is 0.274 e. The Balaban J connectivity index is 1.72. The van der Waals surface area contributed by atoms with Crippen molar-refractivity contribution in [3.8, 4) is 5.75 Å². The second-order valence-corrected chi connectivity index (χ2v) is 7.52. The first kappa shape index (κ1) is 17.1. The van der Waals surface area contributed by atoms with Gasteiger partial charge in [-0.1, -0.05) is 12.1 Å². The van der Waals surface area contributed by atoms with Crippen molar-refractivity contribution in [3.63, 3.8) is 0 Å². The molecular formula is C20H18IN3O2. The van der Waals surface area contributed by atoms with Crippen LogP contribution in [-0.4, -0.2) is 21.6 Å². The molecule has 6 heteroatoms. The summed E-state index contributed by atoms with van der Waals surface area (Å²) in [5.74, 6) is 0.836. The predicted octanol–water partition coefficient (Wildman–Crippen LogP) is 4.04. The monoisotopic (exact) mass is 459 g/mol. The second-order valence-electron chi connectivity index (χ2n) is 6.36. The lowest BCUT2D eigenvalue weighted by Gasteiger charge is -2.08. The van der Waals surface area contributed by atoms with Gasteiger partial charge in [-0.25, -0.2) is 4.98 Å². The fourth-order valence-electron chi connectivity index (χ4n) is 3.19. The van der Waals surface area contributed by atoms with Crippen LogP contribution in [0.3, 0.4) is 0 Å². The van der Waals surface area contributed by atoms with E-state index >= 15 is 0 Å². The molecule has 0 spiro atoms. The van der Waals surface area contributed by atoms with E-state index in [4.69, 9.17) is 4.74 Å². The Hall–Kier alpha value is -2.35. The number of pyridine rings is 2. The lowest BCUT2D eigenvalue weighted by Crippen LogP contribution is -2.21. The molecule has 132 valence electrons. The fourth-order valence-corrected chi connectivity index (χ4v) is 4.09. The van der Waals surface area contributed by atoms with Crippen molar-refractivity contribution in [2.24, 2.45) is 0 Å². The molecule has 0 radical (unpaired) electrons. The van der Waals surface area contributed by atoms with Gasteiger partial charge in [0.05, 0.1) is 7.11 Å². The van der Waals surface area contributed by atoms with Crippen LogP contribution in [0.25, 0.3) is 21.9 Å². The molecule has 0 fully saturated rings. The van der Waals surface area contributed by atoms with Crippen LogP contribution >= 0.6 is 22.6 Å². The number of fused-ring (bicyclic) bond motifs is 3. The van der Waals surface area contributed by atoms with Gasteiger partial charge in [-0.15, -0.1) is 0 Å². The number of benzene rings is 1. The number of aromatic nitrogens is 3. The number of halogens is 1. The number of rotatable bonds is 4. The van der Waals surface area contributed by atoms with Crippen molar-refractivity contribution < 1.29 is 4.74 Å². The third kappa shape index (κ3) is 2.98. The molecule has 0 unspecified atom stereocenters. The van der Waals surface area contributed by atoms with Gasteiger partial charge in [0.25, 0.3) is 5.56 Å². The van der Waals surface area contributed by atoms with E-state index in [0.717, 1.165) is 37.7 Å². The van der Waals surface area contributed by atoms with E-state index in [1.165, 1.54) is 5.56 Å². The summed E-state index contributed by atoms with van der Waals surface area (Å²) in [6, 6.07) is 10.0. The number of nitrogens with one attached hydrogen (secondary N) is 1. The third-order valence-corrected chi connectivity index (χ3v) is 5.39. The summed E-state index contributed by atoms with van der Waals surface area (Å²) in [4.78, 5) is 20.6. The van der Waals surface area contributed by atoms with Crippen molar-refractivity contribution in [2.45, 2.75) is 19.9 Å². The minimum absolute atomic E-state index is 0.00965. The highest BCUT2D eigenvalue weighted by Crippen LogP contribution is 2.27. The van der Waals surface area contributed by atoms with Crippen LogP contribution < -0.4 is 10.3 Å². The minimum Gasteiger partial charge on any atom is -0.497 e. The number of H-pyrrole nitrogens is 1. The zero-order valence-electron chi connectivity index (χ0n) is 14.5. The van der Waals surface area contributed by atoms with E-state index in [0.29, 0.717) is 12.1 Å². The quantitative estimate of drug-likeness (QED) is 0.469. The van der Waals surface area contributed by atoms with Crippen molar-refractivity contribution >= 4 is 44.5 Å². The van der Waals surface area contributed by atoms with Crippen LogP contribution in [0.2, 0.25) is 0 Å². The van der Waals surface area contributed by atoms with E-state index in [1.54, 1.807) is 11.7 Å². The van der Waals surface area contributed by atoms with Gasteiger partial charge in [0.1, 0.15) is 16.9 Å². The lowest BCUT2D eigenvalue weighted by molar-refractivity contribution is 0.414. The summed E-state index contributed by atoms with van der Waals surface area (Å²) in [6.45, 7) is 2.63. The van der Waals surface area contributed by atoms with Crippen molar-refractivity contribution in [1.82, 2.24) is 14.5 Å². The summed E-state index contributed by atoms with van der Waals surface area (Å²) in [6.07, 6.45) is 4.53. The average Bonchev–Trinajstić information content (AvgIpc) is 3.03.